The number of carbonyl (C=O) groups is 1. The van der Waals surface area contributed by atoms with Gasteiger partial charge in [-0.15, -0.1) is 0 Å². The Balaban J connectivity index is 2.03. The van der Waals surface area contributed by atoms with E-state index in [1.807, 2.05) is 12.3 Å². The lowest BCUT2D eigenvalue weighted by Gasteiger charge is -2.39. The van der Waals surface area contributed by atoms with Crippen molar-refractivity contribution in [1.82, 2.24) is 4.98 Å². The van der Waals surface area contributed by atoms with Crippen LogP contribution in [0.3, 0.4) is 0 Å². The van der Waals surface area contributed by atoms with Crippen LogP contribution in [-0.4, -0.2) is 36.7 Å². The minimum Gasteiger partial charge on any atom is -0.478 e. The molecule has 0 radical (unpaired) electrons. The zero-order valence-corrected chi connectivity index (χ0v) is 13.6. The average molecular weight is 374 g/mol. The number of H-pyrrole nitrogens is 1. The van der Waals surface area contributed by atoms with E-state index >= 15 is 0 Å². The standard InChI is InChI=1S/C14H16BrNO4S/c15-9-5-10-12(8-1-3-21(19,20)4-2-8)7-16-13(10)11(6-9)14(17)18/h5-8,16,19-20H,1-4H2,(H,17,18). The fourth-order valence-corrected chi connectivity index (χ4v) is 4.93. The molecule has 3 rings (SSSR count). The summed E-state index contributed by atoms with van der Waals surface area (Å²) in [6, 6.07) is 3.50. The van der Waals surface area contributed by atoms with Gasteiger partial charge >= 0.3 is 5.97 Å². The van der Waals surface area contributed by atoms with E-state index in [0.717, 1.165) is 15.4 Å². The first-order valence-electron chi connectivity index (χ1n) is 6.65. The summed E-state index contributed by atoms with van der Waals surface area (Å²) in [6.07, 6.45) is 3.28. The van der Waals surface area contributed by atoms with Crippen molar-refractivity contribution in [3.05, 3.63) is 33.9 Å². The summed E-state index contributed by atoms with van der Waals surface area (Å²) in [5, 5.41) is 10.2. The summed E-state index contributed by atoms with van der Waals surface area (Å²) >= 11 is 3.36. The zero-order valence-electron chi connectivity index (χ0n) is 11.2. The Hall–Kier alpha value is -1.02. The molecule has 1 aliphatic rings. The lowest BCUT2D eigenvalue weighted by atomic mass is 9.92. The van der Waals surface area contributed by atoms with Gasteiger partial charge in [-0.25, -0.2) is 4.79 Å². The SMILES string of the molecule is O=C(O)c1cc(Br)cc2c(C3CCS(O)(O)CC3)c[nH]c12. The molecule has 1 aromatic heterocycles. The number of aromatic amines is 1. The summed E-state index contributed by atoms with van der Waals surface area (Å²) in [5.74, 6) is 0.107. The van der Waals surface area contributed by atoms with Crippen molar-refractivity contribution in [2.75, 3.05) is 11.5 Å². The molecule has 0 unspecified atom stereocenters. The average Bonchev–Trinajstić information content (AvgIpc) is 2.81. The molecule has 2 aromatic rings. The van der Waals surface area contributed by atoms with Crippen molar-refractivity contribution >= 4 is 43.4 Å². The molecule has 0 amide bonds. The summed E-state index contributed by atoms with van der Waals surface area (Å²) in [6.45, 7) is 0. The lowest BCUT2D eigenvalue weighted by Crippen LogP contribution is -2.19. The molecule has 0 saturated carbocycles. The Morgan fingerprint density at radius 3 is 2.57 bits per heavy atom. The maximum Gasteiger partial charge on any atom is 0.337 e. The van der Waals surface area contributed by atoms with Crippen LogP contribution in [0.1, 0.15) is 34.7 Å². The molecule has 1 aromatic carbocycles. The van der Waals surface area contributed by atoms with E-state index in [0.29, 0.717) is 29.9 Å². The van der Waals surface area contributed by atoms with Gasteiger partial charge in [-0.2, -0.15) is 10.6 Å². The highest BCUT2D eigenvalue weighted by molar-refractivity contribution is 9.10. The number of rotatable bonds is 2. The van der Waals surface area contributed by atoms with Gasteiger partial charge in [-0.1, -0.05) is 15.9 Å². The third-order valence-electron chi connectivity index (χ3n) is 4.04. The normalized spacial score (nSPS) is 20.5. The molecular formula is C14H16BrNO4S. The highest BCUT2D eigenvalue weighted by Gasteiger charge is 2.27. The van der Waals surface area contributed by atoms with E-state index in [1.54, 1.807) is 6.07 Å². The number of aromatic nitrogens is 1. The van der Waals surface area contributed by atoms with Gasteiger partial charge in [0.1, 0.15) is 0 Å². The van der Waals surface area contributed by atoms with Gasteiger partial charge in [0.15, 0.2) is 0 Å². The van der Waals surface area contributed by atoms with Gasteiger partial charge in [-0.3, -0.25) is 9.11 Å². The van der Waals surface area contributed by atoms with E-state index < -0.39 is 16.6 Å². The second-order valence-corrected chi connectivity index (χ2v) is 8.75. The Bertz CT molecular complexity index is 702. The molecule has 114 valence electrons. The fourth-order valence-electron chi connectivity index (χ4n) is 2.94. The highest BCUT2D eigenvalue weighted by Crippen LogP contribution is 2.49. The van der Waals surface area contributed by atoms with Crippen molar-refractivity contribution in [2.24, 2.45) is 0 Å². The molecule has 2 heterocycles. The number of carboxylic acid groups (broad SMARTS) is 1. The number of benzene rings is 1. The van der Waals surface area contributed by atoms with Gasteiger partial charge in [0.2, 0.25) is 0 Å². The molecule has 4 N–H and O–H groups in total. The fraction of sp³-hybridized carbons (Fsp3) is 0.357. The summed E-state index contributed by atoms with van der Waals surface area (Å²) in [4.78, 5) is 14.4. The van der Waals surface area contributed by atoms with Crippen LogP contribution in [0.4, 0.5) is 0 Å². The number of halogens is 1. The van der Waals surface area contributed by atoms with Gasteiger partial charge in [0, 0.05) is 27.6 Å². The molecule has 0 spiro atoms. The first kappa shape index (κ1) is 14.9. The molecule has 1 fully saturated rings. The predicted octanol–water partition coefficient (Wildman–Crippen LogP) is 4.26. The summed E-state index contributed by atoms with van der Waals surface area (Å²) in [7, 11) is -2.40. The van der Waals surface area contributed by atoms with Crippen molar-refractivity contribution in [2.45, 2.75) is 18.8 Å². The van der Waals surface area contributed by atoms with Crippen LogP contribution >= 0.6 is 26.5 Å². The van der Waals surface area contributed by atoms with Crippen LogP contribution in [0.15, 0.2) is 22.8 Å². The molecule has 0 aliphatic carbocycles. The second kappa shape index (κ2) is 5.31. The first-order chi connectivity index (χ1) is 9.87. The number of carboxylic acids is 1. The number of hydrogen-bond acceptors (Lipinski definition) is 3. The van der Waals surface area contributed by atoms with Crippen LogP contribution in [0, 0.1) is 0 Å². The number of hydrogen-bond donors (Lipinski definition) is 4. The van der Waals surface area contributed by atoms with Gasteiger partial charge in [-0.05, 0) is 36.5 Å². The largest absolute Gasteiger partial charge is 0.478 e. The topological polar surface area (TPSA) is 93.6 Å². The van der Waals surface area contributed by atoms with Gasteiger partial charge < -0.3 is 10.1 Å². The van der Waals surface area contributed by atoms with Crippen LogP contribution in [0.2, 0.25) is 0 Å². The maximum atomic E-state index is 11.3. The third-order valence-corrected chi connectivity index (χ3v) is 6.28. The van der Waals surface area contributed by atoms with Crippen molar-refractivity contribution < 1.29 is 19.0 Å². The molecule has 0 bridgehead atoms. The Morgan fingerprint density at radius 2 is 1.95 bits per heavy atom. The number of aromatic carboxylic acids is 1. The Kier molecular flexibility index (Phi) is 3.77. The molecule has 1 aliphatic heterocycles. The molecule has 7 heteroatoms. The van der Waals surface area contributed by atoms with Crippen LogP contribution < -0.4 is 0 Å². The number of fused-ring (bicyclic) bond motifs is 1. The van der Waals surface area contributed by atoms with E-state index in [1.165, 1.54) is 0 Å². The van der Waals surface area contributed by atoms with Gasteiger partial charge in [0.05, 0.1) is 11.1 Å². The van der Waals surface area contributed by atoms with E-state index in [-0.39, 0.29) is 11.5 Å². The first-order valence-corrected chi connectivity index (χ1v) is 9.32. The Morgan fingerprint density at radius 1 is 1.29 bits per heavy atom. The van der Waals surface area contributed by atoms with Crippen molar-refractivity contribution in [3.8, 4) is 0 Å². The van der Waals surface area contributed by atoms with Gasteiger partial charge in [0.25, 0.3) is 0 Å². The highest BCUT2D eigenvalue weighted by atomic mass is 79.9. The maximum absolute atomic E-state index is 11.3. The smallest absolute Gasteiger partial charge is 0.337 e. The molecule has 1 saturated heterocycles. The minimum absolute atomic E-state index is 0.231. The molecule has 5 nitrogen and oxygen atoms in total. The molecule has 21 heavy (non-hydrogen) atoms. The van der Waals surface area contributed by atoms with Crippen molar-refractivity contribution in [1.29, 1.82) is 0 Å². The molecule has 0 atom stereocenters. The van der Waals surface area contributed by atoms with Crippen LogP contribution in [0.25, 0.3) is 10.9 Å². The van der Waals surface area contributed by atoms with Crippen LogP contribution in [0.5, 0.6) is 0 Å². The second-order valence-electron chi connectivity index (χ2n) is 5.41. The molecular weight excluding hydrogens is 358 g/mol. The number of nitrogens with one attached hydrogen (secondary N) is 1. The third kappa shape index (κ3) is 2.83. The monoisotopic (exact) mass is 373 g/mol. The van der Waals surface area contributed by atoms with E-state index in [9.17, 15) is 19.0 Å². The summed E-state index contributed by atoms with van der Waals surface area (Å²) in [5.41, 5.74) is 1.92. The Labute approximate surface area is 131 Å². The van der Waals surface area contributed by atoms with E-state index in [4.69, 9.17) is 0 Å². The lowest BCUT2D eigenvalue weighted by molar-refractivity contribution is 0.0698. The van der Waals surface area contributed by atoms with Crippen molar-refractivity contribution in [3.63, 3.8) is 0 Å². The zero-order chi connectivity index (χ0) is 15.2. The van der Waals surface area contributed by atoms with Crippen LogP contribution in [-0.2, 0) is 0 Å². The quantitative estimate of drug-likeness (QED) is 0.632. The van der Waals surface area contributed by atoms with E-state index in [2.05, 4.69) is 20.9 Å². The summed E-state index contributed by atoms with van der Waals surface area (Å²) < 4.78 is 20.1. The predicted molar refractivity (Wildman–Crippen MR) is 87.5 cm³/mol. The minimum atomic E-state index is -2.40.